The van der Waals surface area contributed by atoms with Gasteiger partial charge in [0.2, 0.25) is 5.88 Å². The van der Waals surface area contributed by atoms with Crippen molar-refractivity contribution in [1.82, 2.24) is 4.98 Å². The van der Waals surface area contributed by atoms with Crippen molar-refractivity contribution in [3.63, 3.8) is 0 Å². The fraction of sp³-hybridized carbons (Fsp3) is 0.583. The molecule has 15 heavy (non-hydrogen) atoms. The van der Waals surface area contributed by atoms with Crippen molar-refractivity contribution in [3.8, 4) is 5.88 Å². The van der Waals surface area contributed by atoms with E-state index in [0.29, 0.717) is 0 Å². The predicted octanol–water partition coefficient (Wildman–Crippen LogP) is 2.77. The molecule has 0 spiro atoms. The van der Waals surface area contributed by atoms with Gasteiger partial charge in [-0.15, -0.1) is 0 Å². The van der Waals surface area contributed by atoms with E-state index in [-0.39, 0.29) is 7.92 Å². The van der Waals surface area contributed by atoms with Crippen LogP contribution in [0.25, 0.3) is 0 Å². The van der Waals surface area contributed by atoms with Crippen molar-refractivity contribution in [2.45, 2.75) is 38.0 Å². The lowest BCUT2D eigenvalue weighted by Crippen LogP contribution is -2.14. The lowest BCUT2D eigenvalue weighted by atomic mass is 10.2. The lowest BCUT2D eigenvalue weighted by Gasteiger charge is -2.20. The first-order chi connectivity index (χ1) is 7.22. The molecule has 0 bridgehead atoms. The van der Waals surface area contributed by atoms with Crippen LogP contribution >= 0.6 is 7.92 Å². The maximum atomic E-state index is 5.18. The first-order valence-corrected chi connectivity index (χ1v) is 6.99. The van der Waals surface area contributed by atoms with Gasteiger partial charge in [-0.25, -0.2) is 4.98 Å². The Bertz CT molecular complexity index is 332. The summed E-state index contributed by atoms with van der Waals surface area (Å²) in [4.78, 5) is 4.58. The number of pyridine rings is 1. The second-order valence-electron chi connectivity index (χ2n) is 4.22. The lowest BCUT2D eigenvalue weighted by molar-refractivity contribution is 0.399. The van der Waals surface area contributed by atoms with Gasteiger partial charge in [0.25, 0.3) is 0 Å². The summed E-state index contributed by atoms with van der Waals surface area (Å²) in [7, 11) is 1.61. The highest BCUT2D eigenvalue weighted by Crippen LogP contribution is 2.53. The first-order valence-electron chi connectivity index (χ1n) is 5.51. The average molecular weight is 223 g/mol. The summed E-state index contributed by atoms with van der Waals surface area (Å²) in [5, 5.41) is 0. The predicted molar refractivity (Wildman–Crippen MR) is 65.5 cm³/mol. The van der Waals surface area contributed by atoms with Gasteiger partial charge in [0.15, 0.2) is 0 Å². The van der Waals surface area contributed by atoms with Crippen LogP contribution in [0.5, 0.6) is 5.88 Å². The molecule has 0 amide bonds. The van der Waals surface area contributed by atoms with Gasteiger partial charge < -0.3 is 4.74 Å². The molecule has 1 aliphatic rings. The zero-order chi connectivity index (χ0) is 10.8. The van der Waals surface area contributed by atoms with Crippen molar-refractivity contribution >= 4 is 13.4 Å². The van der Waals surface area contributed by atoms with E-state index in [0.717, 1.165) is 17.2 Å². The molecule has 0 aromatic carbocycles. The van der Waals surface area contributed by atoms with Gasteiger partial charge in [-0.1, -0.05) is 19.9 Å². The molecule has 0 saturated carbocycles. The highest BCUT2D eigenvalue weighted by atomic mass is 31.1. The Hall–Kier alpha value is -0.620. The topological polar surface area (TPSA) is 22.1 Å². The Balaban J connectivity index is 2.27. The second-order valence-corrected chi connectivity index (χ2v) is 7.26. The Morgan fingerprint density at radius 1 is 1.27 bits per heavy atom. The fourth-order valence-electron chi connectivity index (χ4n) is 2.31. The largest absolute Gasteiger partial charge is 0.481 e. The van der Waals surface area contributed by atoms with Gasteiger partial charge in [0.05, 0.1) is 12.5 Å². The second kappa shape index (κ2) is 4.49. The number of rotatable bonds is 2. The average Bonchev–Trinajstić information content (AvgIpc) is 2.59. The van der Waals surface area contributed by atoms with Gasteiger partial charge in [0.1, 0.15) is 0 Å². The Morgan fingerprint density at radius 3 is 2.53 bits per heavy atom. The molecule has 0 N–H and O–H groups in total. The van der Waals surface area contributed by atoms with Crippen LogP contribution in [-0.4, -0.2) is 23.4 Å². The van der Waals surface area contributed by atoms with Crippen molar-refractivity contribution in [1.29, 1.82) is 0 Å². The summed E-state index contributed by atoms with van der Waals surface area (Å²) in [6, 6.07) is 6.14. The summed E-state index contributed by atoms with van der Waals surface area (Å²) in [5.41, 5.74) is 2.89. The number of hydrogen-bond acceptors (Lipinski definition) is 2. The zero-order valence-corrected chi connectivity index (χ0v) is 10.5. The van der Waals surface area contributed by atoms with E-state index < -0.39 is 0 Å². The minimum atomic E-state index is -0.0757. The SMILES string of the molecule is COc1cccc(P2C(C)CCC2C)n1. The monoisotopic (exact) mass is 223 g/mol. The molecule has 2 nitrogen and oxygen atoms in total. The number of nitrogens with zero attached hydrogens (tertiary/aromatic N) is 1. The molecule has 2 heterocycles. The maximum absolute atomic E-state index is 5.18. The fourth-order valence-corrected chi connectivity index (χ4v) is 5.41. The normalized spacial score (nSPS) is 30.5. The molecular weight excluding hydrogens is 205 g/mol. The Kier molecular flexibility index (Phi) is 3.25. The van der Waals surface area contributed by atoms with Gasteiger partial charge >= 0.3 is 0 Å². The number of aromatic nitrogens is 1. The molecule has 0 radical (unpaired) electrons. The third-order valence-corrected chi connectivity index (χ3v) is 6.33. The quantitative estimate of drug-likeness (QED) is 0.719. The smallest absolute Gasteiger partial charge is 0.213 e. The molecule has 82 valence electrons. The van der Waals surface area contributed by atoms with Crippen molar-refractivity contribution < 1.29 is 4.74 Å². The van der Waals surface area contributed by atoms with Crippen LogP contribution in [0.3, 0.4) is 0 Å². The van der Waals surface area contributed by atoms with Crippen LogP contribution in [0.2, 0.25) is 0 Å². The molecule has 2 unspecified atom stereocenters. The maximum Gasteiger partial charge on any atom is 0.213 e. The first kappa shape index (κ1) is 10.9. The molecule has 2 rings (SSSR count). The van der Waals surface area contributed by atoms with E-state index in [1.165, 1.54) is 18.3 Å². The molecule has 1 aromatic rings. The van der Waals surface area contributed by atoms with Crippen LogP contribution in [0, 0.1) is 0 Å². The number of methoxy groups -OCH3 is 1. The van der Waals surface area contributed by atoms with Crippen LogP contribution in [0.15, 0.2) is 18.2 Å². The molecule has 1 aromatic heterocycles. The summed E-state index contributed by atoms with van der Waals surface area (Å²) >= 11 is 0. The van der Waals surface area contributed by atoms with Gasteiger partial charge in [-0.05, 0) is 38.1 Å². The highest BCUT2D eigenvalue weighted by Gasteiger charge is 2.32. The zero-order valence-electron chi connectivity index (χ0n) is 9.60. The molecule has 0 aliphatic carbocycles. The third kappa shape index (κ3) is 2.15. The van der Waals surface area contributed by atoms with Crippen LogP contribution < -0.4 is 10.2 Å². The van der Waals surface area contributed by atoms with Gasteiger partial charge in [-0.3, -0.25) is 0 Å². The molecule has 1 saturated heterocycles. The van der Waals surface area contributed by atoms with Gasteiger partial charge in [-0.2, -0.15) is 0 Å². The molecular formula is C12H18NOP. The summed E-state index contributed by atoms with van der Waals surface area (Å²) in [5.74, 6) is 0.751. The van der Waals surface area contributed by atoms with E-state index in [9.17, 15) is 0 Å². The molecule has 3 heteroatoms. The standard InChI is InChI=1S/C12H18NOP/c1-9-7-8-10(2)15(9)12-6-4-5-11(13-12)14-3/h4-6,9-10H,7-8H2,1-3H3. The van der Waals surface area contributed by atoms with E-state index in [4.69, 9.17) is 4.74 Å². The Morgan fingerprint density at radius 2 is 1.93 bits per heavy atom. The molecule has 1 aliphatic heterocycles. The van der Waals surface area contributed by atoms with E-state index in [2.05, 4.69) is 31.0 Å². The number of hydrogen-bond donors (Lipinski definition) is 0. The van der Waals surface area contributed by atoms with Crippen LogP contribution in [0.4, 0.5) is 0 Å². The Labute approximate surface area is 92.8 Å². The van der Waals surface area contributed by atoms with Crippen molar-refractivity contribution in [2.24, 2.45) is 0 Å². The van der Waals surface area contributed by atoms with E-state index in [1.807, 2.05) is 6.07 Å². The van der Waals surface area contributed by atoms with Crippen LogP contribution in [-0.2, 0) is 0 Å². The van der Waals surface area contributed by atoms with E-state index >= 15 is 0 Å². The van der Waals surface area contributed by atoms with Crippen LogP contribution in [0.1, 0.15) is 26.7 Å². The number of ether oxygens (including phenoxy) is 1. The minimum Gasteiger partial charge on any atom is -0.481 e. The molecule has 2 atom stereocenters. The minimum absolute atomic E-state index is 0.0757. The van der Waals surface area contributed by atoms with Crippen molar-refractivity contribution in [3.05, 3.63) is 18.2 Å². The van der Waals surface area contributed by atoms with E-state index in [1.54, 1.807) is 7.11 Å². The summed E-state index contributed by atoms with van der Waals surface area (Å²) < 4.78 is 5.18. The third-order valence-electron chi connectivity index (χ3n) is 3.13. The van der Waals surface area contributed by atoms with Gasteiger partial charge in [0, 0.05) is 6.07 Å². The highest BCUT2D eigenvalue weighted by molar-refractivity contribution is 7.67. The molecule has 1 fully saturated rings. The summed E-state index contributed by atoms with van der Waals surface area (Å²) in [6.07, 6.45) is 2.71. The summed E-state index contributed by atoms with van der Waals surface area (Å²) in [6.45, 7) is 4.71. The van der Waals surface area contributed by atoms with Crippen molar-refractivity contribution in [2.75, 3.05) is 7.11 Å².